The maximum absolute atomic E-state index is 11.7. The van der Waals surface area contributed by atoms with Crippen molar-refractivity contribution < 1.29 is 14.3 Å². The van der Waals surface area contributed by atoms with Gasteiger partial charge in [-0.3, -0.25) is 14.6 Å². The first kappa shape index (κ1) is 12.2. The molecule has 0 aliphatic carbocycles. The molecule has 1 atom stereocenters. The molecular weight excluding hydrogens is 286 g/mol. The number of esters is 1. The Morgan fingerprint density at radius 3 is 2.82 bits per heavy atom. The van der Waals surface area contributed by atoms with Crippen LogP contribution in [0.3, 0.4) is 0 Å². The lowest BCUT2D eigenvalue weighted by atomic mass is 9.78. The zero-order chi connectivity index (χ0) is 12.5. The predicted molar refractivity (Wildman–Crippen MR) is 64.3 cm³/mol. The van der Waals surface area contributed by atoms with Crippen molar-refractivity contribution in [2.24, 2.45) is 5.41 Å². The van der Waals surface area contributed by atoms with Gasteiger partial charge >= 0.3 is 5.97 Å². The number of aromatic nitrogens is 1. The Hall–Kier alpha value is -1.23. The van der Waals surface area contributed by atoms with Crippen molar-refractivity contribution in [1.29, 1.82) is 0 Å². The van der Waals surface area contributed by atoms with Crippen molar-refractivity contribution in [3.63, 3.8) is 0 Å². The lowest BCUT2D eigenvalue weighted by Gasteiger charge is -2.20. The highest BCUT2D eigenvalue weighted by Gasteiger charge is 2.49. The van der Waals surface area contributed by atoms with Crippen LogP contribution in [0.2, 0.25) is 0 Å². The van der Waals surface area contributed by atoms with Gasteiger partial charge in [0.25, 0.3) is 0 Å². The molecule has 0 saturated carbocycles. The number of pyridine rings is 1. The highest BCUT2D eigenvalue weighted by Crippen LogP contribution is 2.34. The summed E-state index contributed by atoms with van der Waals surface area (Å²) in [6.45, 7) is 1.75. The third-order valence-corrected chi connectivity index (χ3v) is 3.57. The Kier molecular flexibility index (Phi) is 3.28. The van der Waals surface area contributed by atoms with Gasteiger partial charge in [-0.1, -0.05) is 0 Å². The standard InChI is InChI=1S/C12H12BrNO3/c1-8(15)12(4-5-17-11(12)16)6-10-3-2-9(13)7-14-10/h2-3,7H,4-6H2,1H3. The van der Waals surface area contributed by atoms with E-state index in [1.54, 1.807) is 12.3 Å². The summed E-state index contributed by atoms with van der Waals surface area (Å²) >= 11 is 3.29. The molecule has 0 radical (unpaired) electrons. The van der Waals surface area contributed by atoms with Crippen LogP contribution in [-0.2, 0) is 20.7 Å². The van der Waals surface area contributed by atoms with Crippen molar-refractivity contribution >= 4 is 27.7 Å². The summed E-state index contributed by atoms with van der Waals surface area (Å²) in [6.07, 6.45) is 2.41. The zero-order valence-electron chi connectivity index (χ0n) is 9.40. The van der Waals surface area contributed by atoms with Crippen LogP contribution in [0.1, 0.15) is 19.0 Å². The molecule has 0 spiro atoms. The number of carbonyl (C=O) groups is 2. The van der Waals surface area contributed by atoms with Crippen molar-refractivity contribution in [3.05, 3.63) is 28.5 Å². The number of ketones is 1. The Balaban J connectivity index is 2.28. The Labute approximate surface area is 108 Å². The Morgan fingerprint density at radius 2 is 2.35 bits per heavy atom. The summed E-state index contributed by atoms with van der Waals surface area (Å²) < 4.78 is 5.80. The first-order chi connectivity index (χ1) is 8.04. The fraction of sp³-hybridized carbons (Fsp3) is 0.417. The second-order valence-corrected chi connectivity index (χ2v) is 5.08. The van der Waals surface area contributed by atoms with Gasteiger partial charge in [0.2, 0.25) is 0 Å². The lowest BCUT2D eigenvalue weighted by Crippen LogP contribution is -2.36. The summed E-state index contributed by atoms with van der Waals surface area (Å²) in [7, 11) is 0. The molecule has 1 aliphatic heterocycles. The van der Waals surface area contributed by atoms with E-state index in [2.05, 4.69) is 20.9 Å². The third-order valence-electron chi connectivity index (χ3n) is 3.10. The molecule has 0 aromatic carbocycles. The molecule has 0 bridgehead atoms. The molecule has 1 aromatic rings. The van der Waals surface area contributed by atoms with E-state index in [-0.39, 0.29) is 5.78 Å². The van der Waals surface area contributed by atoms with Crippen molar-refractivity contribution in [3.8, 4) is 0 Å². The van der Waals surface area contributed by atoms with Crippen molar-refractivity contribution in [1.82, 2.24) is 4.98 Å². The van der Waals surface area contributed by atoms with Crippen molar-refractivity contribution in [2.75, 3.05) is 6.61 Å². The quantitative estimate of drug-likeness (QED) is 0.632. The van der Waals surface area contributed by atoms with Gasteiger partial charge in [0.1, 0.15) is 11.2 Å². The highest BCUT2D eigenvalue weighted by atomic mass is 79.9. The maximum atomic E-state index is 11.7. The molecule has 2 heterocycles. The topological polar surface area (TPSA) is 56.3 Å². The van der Waals surface area contributed by atoms with Gasteiger partial charge in [-0.15, -0.1) is 0 Å². The van der Waals surface area contributed by atoms with Gasteiger partial charge in [-0.2, -0.15) is 0 Å². The van der Waals surface area contributed by atoms with Gasteiger partial charge in [-0.05, 0) is 35.0 Å². The number of ether oxygens (including phenoxy) is 1. The smallest absolute Gasteiger partial charge is 0.320 e. The number of halogens is 1. The fourth-order valence-electron chi connectivity index (χ4n) is 1.98. The van der Waals surface area contributed by atoms with Crippen LogP contribution in [0.4, 0.5) is 0 Å². The first-order valence-electron chi connectivity index (χ1n) is 5.33. The Bertz CT molecular complexity index is 457. The minimum atomic E-state index is -1.03. The first-order valence-corrected chi connectivity index (χ1v) is 6.12. The average molecular weight is 298 g/mol. The van der Waals surface area contributed by atoms with E-state index in [0.29, 0.717) is 19.4 Å². The van der Waals surface area contributed by atoms with Crippen LogP contribution in [-0.4, -0.2) is 23.3 Å². The molecule has 0 N–H and O–H groups in total. The molecule has 5 heteroatoms. The summed E-state index contributed by atoms with van der Waals surface area (Å²) in [5.74, 6) is -0.570. The van der Waals surface area contributed by atoms with E-state index < -0.39 is 11.4 Å². The van der Waals surface area contributed by atoms with Crippen LogP contribution in [0.15, 0.2) is 22.8 Å². The number of cyclic esters (lactones) is 1. The average Bonchev–Trinajstić information content (AvgIpc) is 2.65. The minimum absolute atomic E-state index is 0.148. The van der Waals surface area contributed by atoms with Gasteiger partial charge in [-0.25, -0.2) is 0 Å². The van der Waals surface area contributed by atoms with Crippen LogP contribution in [0.25, 0.3) is 0 Å². The fourth-order valence-corrected chi connectivity index (χ4v) is 2.22. The monoisotopic (exact) mass is 297 g/mol. The van der Waals surface area contributed by atoms with E-state index >= 15 is 0 Å². The molecule has 1 unspecified atom stereocenters. The molecule has 1 aliphatic rings. The minimum Gasteiger partial charge on any atom is -0.465 e. The van der Waals surface area contributed by atoms with Gasteiger partial charge in [0, 0.05) is 29.2 Å². The summed E-state index contributed by atoms with van der Waals surface area (Å²) in [5, 5.41) is 0. The van der Waals surface area contributed by atoms with Crippen LogP contribution in [0, 0.1) is 5.41 Å². The number of Topliss-reactive ketones (excluding diaryl/α,β-unsaturated/α-hetero) is 1. The molecule has 90 valence electrons. The van der Waals surface area contributed by atoms with E-state index in [4.69, 9.17) is 4.74 Å². The van der Waals surface area contributed by atoms with Crippen molar-refractivity contribution in [2.45, 2.75) is 19.8 Å². The van der Waals surface area contributed by atoms with Gasteiger partial charge in [0.05, 0.1) is 6.61 Å². The molecule has 1 saturated heterocycles. The highest BCUT2D eigenvalue weighted by molar-refractivity contribution is 9.10. The maximum Gasteiger partial charge on any atom is 0.320 e. The molecule has 17 heavy (non-hydrogen) atoms. The molecule has 1 aromatic heterocycles. The largest absolute Gasteiger partial charge is 0.465 e. The van der Waals surface area contributed by atoms with E-state index in [1.165, 1.54) is 6.92 Å². The second-order valence-electron chi connectivity index (χ2n) is 4.17. The number of rotatable bonds is 3. The number of hydrogen-bond acceptors (Lipinski definition) is 4. The zero-order valence-corrected chi connectivity index (χ0v) is 11.0. The van der Waals surface area contributed by atoms with Crippen LogP contribution >= 0.6 is 15.9 Å². The normalized spacial score (nSPS) is 23.5. The summed E-state index contributed by atoms with van der Waals surface area (Å²) in [4.78, 5) is 27.6. The van der Waals surface area contributed by atoms with Gasteiger partial charge < -0.3 is 4.74 Å². The van der Waals surface area contributed by atoms with Gasteiger partial charge in [0.15, 0.2) is 0 Å². The molecule has 0 amide bonds. The number of hydrogen-bond donors (Lipinski definition) is 0. The third kappa shape index (κ3) is 2.24. The summed E-state index contributed by atoms with van der Waals surface area (Å²) in [5.41, 5.74) is -0.303. The molecule has 2 rings (SSSR count). The lowest BCUT2D eigenvalue weighted by molar-refractivity contribution is -0.150. The molecule has 1 fully saturated rings. The summed E-state index contributed by atoms with van der Waals surface area (Å²) in [6, 6.07) is 3.65. The predicted octanol–water partition coefficient (Wildman–Crippen LogP) is 1.91. The Morgan fingerprint density at radius 1 is 1.59 bits per heavy atom. The van der Waals surface area contributed by atoms with E-state index in [0.717, 1.165) is 10.2 Å². The molecular formula is C12H12BrNO3. The second kappa shape index (κ2) is 4.56. The molecule has 4 nitrogen and oxygen atoms in total. The van der Waals surface area contributed by atoms with Crippen LogP contribution in [0.5, 0.6) is 0 Å². The van der Waals surface area contributed by atoms with Crippen LogP contribution < -0.4 is 0 Å². The van der Waals surface area contributed by atoms with E-state index in [1.807, 2.05) is 6.07 Å². The van der Waals surface area contributed by atoms with E-state index in [9.17, 15) is 9.59 Å². The SMILES string of the molecule is CC(=O)C1(Cc2ccc(Br)cn2)CCOC1=O. The number of carbonyl (C=O) groups excluding carboxylic acids is 2. The number of nitrogens with zero attached hydrogens (tertiary/aromatic N) is 1.